The van der Waals surface area contributed by atoms with Gasteiger partial charge in [-0.15, -0.1) is 0 Å². The van der Waals surface area contributed by atoms with Crippen LogP contribution >= 0.6 is 0 Å². The van der Waals surface area contributed by atoms with Crippen LogP contribution in [-0.2, 0) is 4.79 Å². The van der Waals surface area contributed by atoms with Gasteiger partial charge in [-0.1, -0.05) is 6.07 Å². The zero-order chi connectivity index (χ0) is 12.1. The zero-order valence-electron chi connectivity index (χ0n) is 10.1. The molecule has 17 heavy (non-hydrogen) atoms. The van der Waals surface area contributed by atoms with Gasteiger partial charge in [0, 0.05) is 18.7 Å². The molecule has 1 amide bonds. The first-order valence-electron chi connectivity index (χ1n) is 6.19. The lowest BCUT2D eigenvalue weighted by atomic mass is 10.1. The van der Waals surface area contributed by atoms with Gasteiger partial charge in [0.25, 0.3) is 0 Å². The van der Waals surface area contributed by atoms with Crippen molar-refractivity contribution in [3.63, 3.8) is 0 Å². The number of carbonyl (C=O) groups is 1. The summed E-state index contributed by atoms with van der Waals surface area (Å²) in [7, 11) is 0. The molecule has 1 aliphatic heterocycles. The molecular formula is C13H19N3O. The van der Waals surface area contributed by atoms with Crippen LogP contribution in [0.5, 0.6) is 0 Å². The first kappa shape index (κ1) is 12.0. The Hall–Kier alpha value is -1.42. The summed E-state index contributed by atoms with van der Waals surface area (Å²) in [4.78, 5) is 16.0. The third-order valence-corrected chi connectivity index (χ3v) is 3.10. The molecule has 2 rings (SSSR count). The van der Waals surface area contributed by atoms with Crippen LogP contribution in [0, 0.1) is 0 Å². The molecule has 0 saturated carbocycles. The Bertz CT molecular complexity index is 360. The number of aromatic nitrogens is 1. The van der Waals surface area contributed by atoms with Gasteiger partial charge in [-0.25, -0.2) is 0 Å². The van der Waals surface area contributed by atoms with Gasteiger partial charge in [0.05, 0.1) is 11.7 Å². The van der Waals surface area contributed by atoms with Gasteiger partial charge < -0.3 is 10.6 Å². The fraction of sp³-hybridized carbons (Fsp3) is 0.538. The lowest BCUT2D eigenvalue weighted by Crippen LogP contribution is -2.33. The molecule has 0 spiro atoms. The molecule has 2 N–H and O–H groups in total. The predicted octanol–water partition coefficient (Wildman–Crippen LogP) is 1.40. The maximum absolute atomic E-state index is 11.8. The van der Waals surface area contributed by atoms with Crippen LogP contribution in [0.3, 0.4) is 0 Å². The molecule has 4 nitrogen and oxygen atoms in total. The lowest BCUT2D eigenvalue weighted by molar-refractivity contribution is -0.122. The quantitative estimate of drug-likeness (QED) is 0.826. The number of nitrogens with zero attached hydrogens (tertiary/aromatic N) is 1. The molecule has 0 aromatic carbocycles. The van der Waals surface area contributed by atoms with E-state index in [-0.39, 0.29) is 11.9 Å². The second kappa shape index (κ2) is 5.77. The Labute approximate surface area is 102 Å². The second-order valence-corrected chi connectivity index (χ2v) is 4.54. The number of nitrogens with one attached hydrogen (secondary N) is 2. The van der Waals surface area contributed by atoms with Gasteiger partial charge in [-0.3, -0.25) is 9.78 Å². The predicted molar refractivity (Wildman–Crippen MR) is 66.4 cm³/mol. The van der Waals surface area contributed by atoms with Gasteiger partial charge in [-0.05, 0) is 38.4 Å². The summed E-state index contributed by atoms with van der Waals surface area (Å²) < 4.78 is 0. The Morgan fingerprint density at radius 2 is 2.53 bits per heavy atom. The number of carbonyl (C=O) groups excluding carboxylic acids is 1. The van der Waals surface area contributed by atoms with Crippen LogP contribution in [0.1, 0.15) is 37.9 Å². The molecule has 0 radical (unpaired) electrons. The monoisotopic (exact) mass is 233 g/mol. The van der Waals surface area contributed by atoms with Crippen molar-refractivity contribution in [2.45, 2.75) is 38.3 Å². The highest BCUT2D eigenvalue weighted by Gasteiger charge is 2.19. The Kier molecular flexibility index (Phi) is 4.09. The first-order valence-corrected chi connectivity index (χ1v) is 6.19. The van der Waals surface area contributed by atoms with E-state index in [4.69, 9.17) is 0 Å². The number of pyridine rings is 1. The van der Waals surface area contributed by atoms with Gasteiger partial charge in [0.1, 0.15) is 0 Å². The van der Waals surface area contributed by atoms with Gasteiger partial charge >= 0.3 is 0 Å². The van der Waals surface area contributed by atoms with Crippen LogP contribution in [0.15, 0.2) is 24.4 Å². The molecule has 0 aliphatic carbocycles. The minimum absolute atomic E-state index is 0.0231. The molecule has 1 unspecified atom stereocenters. The standard InChI is InChI=1S/C13H19N3O/c1-10(12-6-2-3-7-15-12)16-13(17)9-11-5-4-8-14-11/h2-3,6-7,10-11,14H,4-5,8-9H2,1H3,(H,16,17)/t10-,11?/m1/s1. The van der Waals surface area contributed by atoms with E-state index in [9.17, 15) is 4.79 Å². The Balaban J connectivity index is 1.81. The van der Waals surface area contributed by atoms with Crippen molar-refractivity contribution in [3.8, 4) is 0 Å². The van der Waals surface area contributed by atoms with Crippen molar-refractivity contribution in [3.05, 3.63) is 30.1 Å². The minimum Gasteiger partial charge on any atom is -0.348 e. The molecule has 1 aliphatic rings. The largest absolute Gasteiger partial charge is 0.348 e. The summed E-state index contributed by atoms with van der Waals surface area (Å²) in [6.45, 7) is 3.00. The molecule has 4 heteroatoms. The number of hydrogen-bond acceptors (Lipinski definition) is 3. The van der Waals surface area contributed by atoms with Crippen molar-refractivity contribution < 1.29 is 4.79 Å². The van der Waals surface area contributed by atoms with Crippen LogP contribution in [0.25, 0.3) is 0 Å². The van der Waals surface area contributed by atoms with E-state index in [1.54, 1.807) is 6.20 Å². The van der Waals surface area contributed by atoms with Crippen LogP contribution in [0.4, 0.5) is 0 Å². The summed E-state index contributed by atoms with van der Waals surface area (Å²) >= 11 is 0. The third-order valence-electron chi connectivity index (χ3n) is 3.10. The van der Waals surface area contributed by atoms with Gasteiger partial charge in [0.15, 0.2) is 0 Å². The molecule has 1 aromatic rings. The fourth-order valence-corrected chi connectivity index (χ4v) is 2.16. The molecular weight excluding hydrogens is 214 g/mol. The van der Waals surface area contributed by atoms with E-state index >= 15 is 0 Å². The molecule has 92 valence electrons. The lowest BCUT2D eigenvalue weighted by Gasteiger charge is -2.15. The average molecular weight is 233 g/mol. The summed E-state index contributed by atoms with van der Waals surface area (Å²) in [5.41, 5.74) is 0.903. The molecule has 1 saturated heterocycles. The molecule has 0 bridgehead atoms. The Morgan fingerprint density at radius 1 is 1.65 bits per heavy atom. The van der Waals surface area contributed by atoms with Crippen molar-refractivity contribution in [1.29, 1.82) is 0 Å². The SMILES string of the molecule is C[C@@H](NC(=O)CC1CCCN1)c1ccccn1. The normalized spacial score (nSPS) is 21.1. The first-order chi connectivity index (χ1) is 8.25. The molecule has 1 fully saturated rings. The third kappa shape index (κ3) is 3.53. The molecule has 1 aromatic heterocycles. The van der Waals surface area contributed by atoms with Crippen LogP contribution in [0.2, 0.25) is 0 Å². The van der Waals surface area contributed by atoms with E-state index in [0.717, 1.165) is 18.7 Å². The van der Waals surface area contributed by atoms with Crippen molar-refractivity contribution >= 4 is 5.91 Å². The number of amides is 1. The number of hydrogen-bond donors (Lipinski definition) is 2. The van der Waals surface area contributed by atoms with Crippen LogP contribution < -0.4 is 10.6 Å². The molecule has 2 atom stereocenters. The second-order valence-electron chi connectivity index (χ2n) is 4.54. The highest BCUT2D eigenvalue weighted by atomic mass is 16.1. The summed E-state index contributed by atoms with van der Waals surface area (Å²) in [5, 5.41) is 6.31. The maximum Gasteiger partial charge on any atom is 0.222 e. The zero-order valence-corrected chi connectivity index (χ0v) is 10.1. The van der Waals surface area contributed by atoms with Crippen molar-refractivity contribution in [2.75, 3.05) is 6.54 Å². The summed E-state index contributed by atoms with van der Waals surface area (Å²) in [6.07, 6.45) is 4.59. The smallest absolute Gasteiger partial charge is 0.222 e. The summed E-state index contributed by atoms with van der Waals surface area (Å²) in [5.74, 6) is 0.0996. The van der Waals surface area contributed by atoms with E-state index in [0.29, 0.717) is 12.5 Å². The minimum atomic E-state index is -0.0231. The van der Waals surface area contributed by atoms with E-state index in [1.807, 2.05) is 25.1 Å². The van der Waals surface area contributed by atoms with Gasteiger partial charge in [-0.2, -0.15) is 0 Å². The van der Waals surface area contributed by atoms with Crippen molar-refractivity contribution in [1.82, 2.24) is 15.6 Å². The topological polar surface area (TPSA) is 54.0 Å². The number of rotatable bonds is 4. The fourth-order valence-electron chi connectivity index (χ4n) is 2.16. The van der Waals surface area contributed by atoms with Crippen LogP contribution in [-0.4, -0.2) is 23.5 Å². The van der Waals surface area contributed by atoms with E-state index in [2.05, 4.69) is 15.6 Å². The van der Waals surface area contributed by atoms with Gasteiger partial charge in [0.2, 0.25) is 5.91 Å². The van der Waals surface area contributed by atoms with E-state index in [1.165, 1.54) is 6.42 Å². The highest BCUT2D eigenvalue weighted by molar-refractivity contribution is 5.77. The highest BCUT2D eigenvalue weighted by Crippen LogP contribution is 2.11. The maximum atomic E-state index is 11.8. The Morgan fingerprint density at radius 3 is 3.18 bits per heavy atom. The van der Waals surface area contributed by atoms with E-state index < -0.39 is 0 Å². The summed E-state index contributed by atoms with van der Waals surface area (Å²) in [6, 6.07) is 6.07. The average Bonchev–Trinajstić information content (AvgIpc) is 2.82. The molecule has 2 heterocycles. The van der Waals surface area contributed by atoms with Crippen molar-refractivity contribution in [2.24, 2.45) is 0 Å².